The maximum absolute atomic E-state index is 11.2. The molecule has 98 valence electrons. The highest BCUT2D eigenvalue weighted by molar-refractivity contribution is 6.29. The molecule has 0 radical (unpaired) electrons. The van der Waals surface area contributed by atoms with Crippen molar-refractivity contribution in [1.82, 2.24) is 15.2 Å². The molecule has 0 aromatic carbocycles. The minimum atomic E-state index is -1.09. The monoisotopic (exact) mass is 279 g/mol. The van der Waals surface area contributed by atoms with Gasteiger partial charge < -0.3 is 9.84 Å². The molecule has 6 nitrogen and oxygen atoms in total. The van der Waals surface area contributed by atoms with Crippen LogP contribution in [0.4, 0.5) is 0 Å². The van der Waals surface area contributed by atoms with E-state index in [4.69, 9.17) is 16.3 Å². The lowest BCUT2D eigenvalue weighted by Crippen LogP contribution is -2.03. The zero-order chi connectivity index (χ0) is 14.0. The molecule has 0 aliphatic heterocycles. The van der Waals surface area contributed by atoms with Crippen molar-refractivity contribution in [2.45, 2.75) is 6.92 Å². The van der Waals surface area contributed by atoms with Crippen LogP contribution in [-0.4, -0.2) is 33.4 Å². The Hall–Kier alpha value is -2.21. The second-order valence-corrected chi connectivity index (χ2v) is 4.15. The van der Waals surface area contributed by atoms with Gasteiger partial charge in [0.15, 0.2) is 5.15 Å². The van der Waals surface area contributed by atoms with Crippen LogP contribution in [-0.2, 0) is 0 Å². The van der Waals surface area contributed by atoms with Gasteiger partial charge in [0.05, 0.1) is 12.7 Å². The molecule has 0 atom stereocenters. The van der Waals surface area contributed by atoms with Crippen molar-refractivity contribution in [2.75, 3.05) is 7.11 Å². The summed E-state index contributed by atoms with van der Waals surface area (Å²) < 4.78 is 5.08. The highest BCUT2D eigenvalue weighted by Crippen LogP contribution is 2.32. The molecule has 2 aromatic rings. The molecule has 0 spiro atoms. The summed E-state index contributed by atoms with van der Waals surface area (Å²) in [5.41, 5.74) is 1.63. The number of hydrogen-bond acceptors (Lipinski definition) is 5. The molecule has 0 unspecified atom stereocenters. The molecule has 2 rings (SSSR count). The Kier molecular flexibility index (Phi) is 3.62. The van der Waals surface area contributed by atoms with E-state index in [0.717, 1.165) is 0 Å². The third-order valence-electron chi connectivity index (χ3n) is 2.48. The first-order chi connectivity index (χ1) is 9.02. The highest BCUT2D eigenvalue weighted by atomic mass is 35.5. The maximum Gasteiger partial charge on any atom is 0.337 e. The van der Waals surface area contributed by atoms with Crippen LogP contribution in [0.5, 0.6) is 5.88 Å². The number of rotatable bonds is 3. The fourth-order valence-electron chi connectivity index (χ4n) is 1.65. The summed E-state index contributed by atoms with van der Waals surface area (Å²) in [6.07, 6.45) is 1.29. The quantitative estimate of drug-likeness (QED) is 0.927. The number of pyridine rings is 1. The van der Waals surface area contributed by atoms with Crippen LogP contribution < -0.4 is 4.74 Å². The first-order valence-electron chi connectivity index (χ1n) is 5.30. The first-order valence-corrected chi connectivity index (χ1v) is 5.68. The first kappa shape index (κ1) is 13.2. The molecule has 0 bridgehead atoms. The van der Waals surface area contributed by atoms with Crippen LogP contribution in [0.15, 0.2) is 18.3 Å². The van der Waals surface area contributed by atoms with E-state index in [-0.39, 0.29) is 16.6 Å². The van der Waals surface area contributed by atoms with Gasteiger partial charge in [-0.25, -0.2) is 4.79 Å². The molecule has 7 heteroatoms. The summed E-state index contributed by atoms with van der Waals surface area (Å²) in [5.74, 6) is -0.880. The predicted molar refractivity (Wildman–Crippen MR) is 68.5 cm³/mol. The van der Waals surface area contributed by atoms with Crippen molar-refractivity contribution in [3.63, 3.8) is 0 Å². The fraction of sp³-hybridized carbons (Fsp3) is 0.167. The smallest absolute Gasteiger partial charge is 0.337 e. The van der Waals surface area contributed by atoms with Crippen molar-refractivity contribution >= 4 is 17.6 Å². The maximum atomic E-state index is 11.2. The lowest BCUT2D eigenvalue weighted by molar-refractivity contribution is 0.0697. The Balaban J connectivity index is 2.73. The molecule has 2 aromatic heterocycles. The summed E-state index contributed by atoms with van der Waals surface area (Å²) in [6.45, 7) is 1.76. The predicted octanol–water partition coefficient (Wildman–Crippen LogP) is 2.21. The minimum absolute atomic E-state index is 0.0490. The summed E-state index contributed by atoms with van der Waals surface area (Å²) >= 11 is 5.80. The Labute approximate surface area is 114 Å². The molecule has 2 heterocycles. The van der Waals surface area contributed by atoms with Gasteiger partial charge in [-0.05, 0) is 19.1 Å². The van der Waals surface area contributed by atoms with E-state index in [1.165, 1.54) is 19.4 Å². The van der Waals surface area contributed by atoms with E-state index in [1.807, 2.05) is 0 Å². The largest absolute Gasteiger partial charge is 0.479 e. The molecule has 0 saturated carbocycles. The van der Waals surface area contributed by atoms with Crippen molar-refractivity contribution in [3.05, 3.63) is 34.7 Å². The number of ether oxygens (including phenoxy) is 1. The topological polar surface area (TPSA) is 85.2 Å². The SMILES string of the molecule is COc1nnc(Cl)cc1-c1cc(C)ncc1C(=O)O. The van der Waals surface area contributed by atoms with E-state index >= 15 is 0 Å². The van der Waals surface area contributed by atoms with E-state index < -0.39 is 5.97 Å². The average molecular weight is 280 g/mol. The number of aryl methyl sites for hydroxylation is 1. The number of aromatic carboxylic acids is 1. The van der Waals surface area contributed by atoms with Gasteiger partial charge >= 0.3 is 5.97 Å². The standard InChI is InChI=1S/C12H10ClN3O3/c1-6-3-7(9(5-14-6)12(17)18)8-4-10(13)15-16-11(8)19-2/h3-5H,1-2H3,(H,17,18). The van der Waals surface area contributed by atoms with Crippen LogP contribution >= 0.6 is 11.6 Å². The average Bonchev–Trinajstić information content (AvgIpc) is 2.38. The zero-order valence-electron chi connectivity index (χ0n) is 10.2. The number of methoxy groups -OCH3 is 1. The van der Waals surface area contributed by atoms with Gasteiger partial charge in [-0.1, -0.05) is 11.6 Å². The Morgan fingerprint density at radius 1 is 1.32 bits per heavy atom. The van der Waals surface area contributed by atoms with Crippen molar-refractivity contribution in [1.29, 1.82) is 0 Å². The molecule has 0 amide bonds. The molecular formula is C12H10ClN3O3. The van der Waals surface area contributed by atoms with Crippen LogP contribution in [0.25, 0.3) is 11.1 Å². The third-order valence-corrected chi connectivity index (χ3v) is 2.67. The van der Waals surface area contributed by atoms with Crippen molar-refractivity contribution < 1.29 is 14.6 Å². The second kappa shape index (κ2) is 5.19. The number of nitrogens with zero attached hydrogens (tertiary/aromatic N) is 3. The Morgan fingerprint density at radius 3 is 2.68 bits per heavy atom. The van der Waals surface area contributed by atoms with Crippen molar-refractivity contribution in [2.24, 2.45) is 0 Å². The minimum Gasteiger partial charge on any atom is -0.479 e. The van der Waals surface area contributed by atoms with Gasteiger partial charge in [0.1, 0.15) is 0 Å². The Morgan fingerprint density at radius 2 is 2.05 bits per heavy atom. The van der Waals surface area contributed by atoms with Gasteiger partial charge in [0.2, 0.25) is 5.88 Å². The van der Waals surface area contributed by atoms with Crippen molar-refractivity contribution in [3.8, 4) is 17.0 Å². The van der Waals surface area contributed by atoms with Crippen LogP contribution in [0.3, 0.4) is 0 Å². The summed E-state index contributed by atoms with van der Waals surface area (Å²) in [5, 5.41) is 16.8. The van der Waals surface area contributed by atoms with E-state index in [0.29, 0.717) is 16.8 Å². The molecule has 1 N–H and O–H groups in total. The molecule has 0 aliphatic carbocycles. The molecule has 0 fully saturated rings. The molecule has 0 aliphatic rings. The van der Waals surface area contributed by atoms with Gasteiger partial charge in [0, 0.05) is 23.0 Å². The molecule has 0 saturated heterocycles. The van der Waals surface area contributed by atoms with E-state index in [9.17, 15) is 9.90 Å². The van der Waals surface area contributed by atoms with E-state index in [2.05, 4.69) is 15.2 Å². The number of aromatic nitrogens is 3. The zero-order valence-corrected chi connectivity index (χ0v) is 11.0. The summed E-state index contributed by atoms with van der Waals surface area (Å²) in [4.78, 5) is 15.2. The number of hydrogen-bond donors (Lipinski definition) is 1. The molecule has 19 heavy (non-hydrogen) atoms. The number of halogens is 1. The van der Waals surface area contributed by atoms with Crippen LogP contribution in [0.1, 0.15) is 16.1 Å². The van der Waals surface area contributed by atoms with Gasteiger partial charge in [0.25, 0.3) is 0 Å². The van der Waals surface area contributed by atoms with E-state index in [1.54, 1.807) is 13.0 Å². The number of carbonyl (C=O) groups is 1. The van der Waals surface area contributed by atoms with Gasteiger partial charge in [-0.15, -0.1) is 10.2 Å². The third kappa shape index (κ3) is 2.63. The highest BCUT2D eigenvalue weighted by Gasteiger charge is 2.17. The lowest BCUT2D eigenvalue weighted by Gasteiger charge is -2.10. The number of carboxylic acid groups (broad SMARTS) is 1. The summed E-state index contributed by atoms with van der Waals surface area (Å²) in [6, 6.07) is 3.15. The van der Waals surface area contributed by atoms with Gasteiger partial charge in [-0.3, -0.25) is 4.98 Å². The Bertz CT molecular complexity index is 646. The fourth-order valence-corrected chi connectivity index (χ4v) is 1.80. The van der Waals surface area contributed by atoms with Gasteiger partial charge in [-0.2, -0.15) is 0 Å². The molecular weight excluding hydrogens is 270 g/mol. The normalized spacial score (nSPS) is 10.3. The second-order valence-electron chi connectivity index (χ2n) is 3.77. The number of carboxylic acids is 1. The lowest BCUT2D eigenvalue weighted by atomic mass is 10.0. The van der Waals surface area contributed by atoms with Crippen LogP contribution in [0.2, 0.25) is 5.15 Å². The van der Waals surface area contributed by atoms with Crippen LogP contribution in [0, 0.1) is 6.92 Å². The summed E-state index contributed by atoms with van der Waals surface area (Å²) in [7, 11) is 1.43.